The number of nitrogens with two attached hydrogens (primary N) is 1. The van der Waals surface area contributed by atoms with Gasteiger partial charge in [-0.1, -0.05) is 12.1 Å². The summed E-state index contributed by atoms with van der Waals surface area (Å²) in [6.07, 6.45) is 0.639. The summed E-state index contributed by atoms with van der Waals surface area (Å²) in [6, 6.07) is 7.46. The van der Waals surface area contributed by atoms with Gasteiger partial charge in [-0.3, -0.25) is 0 Å². The smallest absolute Gasteiger partial charge is 0.216 e. The lowest BCUT2D eigenvalue weighted by Gasteiger charge is -2.19. The Hall–Kier alpha value is -1.07. The molecule has 3 N–H and O–H groups in total. The Kier molecular flexibility index (Phi) is 4.16. The number of hydrogen-bond donors (Lipinski definition) is 2. The molecular formula is C12H20N2O2S. The predicted octanol–water partition coefficient (Wildman–Crippen LogP) is 1.53. The Morgan fingerprint density at radius 3 is 2.47 bits per heavy atom. The van der Waals surface area contributed by atoms with Crippen LogP contribution in [0.25, 0.3) is 0 Å². The summed E-state index contributed by atoms with van der Waals surface area (Å²) in [5.74, 6) is 0. The zero-order valence-corrected chi connectivity index (χ0v) is 11.3. The molecule has 0 heterocycles. The van der Waals surface area contributed by atoms with Gasteiger partial charge in [0, 0.05) is 12.2 Å². The minimum Gasteiger partial charge on any atom is -0.399 e. The van der Waals surface area contributed by atoms with E-state index in [0.29, 0.717) is 18.7 Å². The maximum Gasteiger partial charge on any atom is 0.216 e. The van der Waals surface area contributed by atoms with Crippen LogP contribution >= 0.6 is 0 Å². The maximum atomic E-state index is 11.8. The number of nitrogens with one attached hydrogen (secondary N) is 1. The number of rotatable bonds is 4. The summed E-state index contributed by atoms with van der Waals surface area (Å²) in [4.78, 5) is 0. The van der Waals surface area contributed by atoms with E-state index in [1.54, 1.807) is 20.8 Å². The van der Waals surface area contributed by atoms with Crippen LogP contribution < -0.4 is 10.5 Å². The molecule has 0 atom stereocenters. The zero-order valence-electron chi connectivity index (χ0n) is 10.5. The molecule has 1 aromatic rings. The highest BCUT2D eigenvalue weighted by Crippen LogP contribution is 2.13. The van der Waals surface area contributed by atoms with Crippen molar-refractivity contribution in [1.29, 1.82) is 0 Å². The molecule has 4 nitrogen and oxygen atoms in total. The van der Waals surface area contributed by atoms with Crippen LogP contribution in [0.15, 0.2) is 24.3 Å². The summed E-state index contributed by atoms with van der Waals surface area (Å²) >= 11 is 0. The van der Waals surface area contributed by atoms with E-state index in [4.69, 9.17) is 5.73 Å². The quantitative estimate of drug-likeness (QED) is 0.802. The van der Waals surface area contributed by atoms with Crippen LogP contribution in [0.1, 0.15) is 26.3 Å². The fourth-order valence-corrected chi connectivity index (χ4v) is 2.10. The van der Waals surface area contributed by atoms with Crippen molar-refractivity contribution in [2.24, 2.45) is 0 Å². The number of anilines is 1. The lowest BCUT2D eigenvalue weighted by molar-refractivity contribution is 0.545. The van der Waals surface area contributed by atoms with Gasteiger partial charge < -0.3 is 5.73 Å². The van der Waals surface area contributed by atoms with Gasteiger partial charge in [0.1, 0.15) is 0 Å². The molecule has 0 fully saturated rings. The van der Waals surface area contributed by atoms with Crippen molar-refractivity contribution in [2.45, 2.75) is 31.9 Å². The van der Waals surface area contributed by atoms with E-state index in [2.05, 4.69) is 4.72 Å². The van der Waals surface area contributed by atoms with E-state index in [-0.39, 0.29) is 0 Å². The van der Waals surface area contributed by atoms with Crippen LogP contribution in [0.3, 0.4) is 0 Å². The molecule has 0 aliphatic rings. The molecular weight excluding hydrogens is 236 g/mol. The van der Waals surface area contributed by atoms with E-state index in [9.17, 15) is 8.42 Å². The van der Waals surface area contributed by atoms with E-state index in [0.717, 1.165) is 5.56 Å². The molecule has 0 spiro atoms. The van der Waals surface area contributed by atoms with E-state index in [1.807, 2.05) is 24.3 Å². The summed E-state index contributed by atoms with van der Waals surface area (Å²) in [5, 5.41) is 0. The van der Waals surface area contributed by atoms with Crippen LogP contribution in [0.2, 0.25) is 0 Å². The number of benzene rings is 1. The first-order chi connectivity index (χ1) is 7.72. The van der Waals surface area contributed by atoms with Gasteiger partial charge in [0.2, 0.25) is 10.0 Å². The largest absolute Gasteiger partial charge is 0.399 e. The highest BCUT2D eigenvalue weighted by molar-refractivity contribution is 7.90. The standard InChI is InChI=1S/C12H20N2O2S/c1-12(2,3)17(15,16)14-8-7-10-5-4-6-11(13)9-10/h4-6,9,14H,7-8,13H2,1-3H3. The van der Waals surface area contributed by atoms with Gasteiger partial charge in [-0.05, 0) is 44.9 Å². The van der Waals surface area contributed by atoms with Gasteiger partial charge in [-0.25, -0.2) is 13.1 Å². The third-order valence-electron chi connectivity index (χ3n) is 2.46. The van der Waals surface area contributed by atoms with Crippen LogP contribution in [0, 0.1) is 0 Å². The second kappa shape index (κ2) is 5.06. The molecule has 0 aliphatic heterocycles. The van der Waals surface area contributed by atoms with Crippen molar-refractivity contribution >= 4 is 15.7 Å². The first kappa shape index (κ1) is 14.0. The molecule has 1 rings (SSSR count). The molecule has 17 heavy (non-hydrogen) atoms. The highest BCUT2D eigenvalue weighted by Gasteiger charge is 2.27. The van der Waals surface area contributed by atoms with E-state index in [1.165, 1.54) is 0 Å². The molecule has 0 unspecified atom stereocenters. The Morgan fingerprint density at radius 2 is 1.94 bits per heavy atom. The Labute approximate surface area is 103 Å². The maximum absolute atomic E-state index is 11.8. The monoisotopic (exact) mass is 256 g/mol. The average Bonchev–Trinajstić information content (AvgIpc) is 2.15. The first-order valence-corrected chi connectivity index (χ1v) is 7.04. The molecule has 5 heteroatoms. The number of sulfonamides is 1. The van der Waals surface area contributed by atoms with Crippen molar-refractivity contribution < 1.29 is 8.42 Å². The molecule has 1 aromatic carbocycles. The summed E-state index contributed by atoms with van der Waals surface area (Å²) < 4.78 is 25.4. The minimum absolute atomic E-state index is 0.392. The summed E-state index contributed by atoms with van der Waals surface area (Å²) in [7, 11) is -3.26. The molecule has 0 saturated carbocycles. The number of hydrogen-bond acceptors (Lipinski definition) is 3. The predicted molar refractivity (Wildman–Crippen MR) is 71.2 cm³/mol. The van der Waals surface area contributed by atoms with Crippen LogP contribution in [-0.2, 0) is 16.4 Å². The normalized spacial score (nSPS) is 12.6. The van der Waals surface area contributed by atoms with E-state index >= 15 is 0 Å². The second-order valence-electron chi connectivity index (χ2n) is 5.01. The van der Waals surface area contributed by atoms with Crippen LogP contribution in [-0.4, -0.2) is 19.7 Å². The highest BCUT2D eigenvalue weighted by atomic mass is 32.2. The van der Waals surface area contributed by atoms with Crippen LogP contribution in [0.5, 0.6) is 0 Å². The molecule has 0 aromatic heterocycles. The first-order valence-electron chi connectivity index (χ1n) is 5.56. The average molecular weight is 256 g/mol. The molecule has 0 bridgehead atoms. The van der Waals surface area contributed by atoms with Gasteiger partial charge in [0.15, 0.2) is 0 Å². The SMILES string of the molecule is CC(C)(C)S(=O)(=O)NCCc1cccc(N)c1. The molecule has 96 valence electrons. The minimum atomic E-state index is -3.26. The van der Waals surface area contributed by atoms with Gasteiger partial charge in [0.05, 0.1) is 4.75 Å². The lowest BCUT2D eigenvalue weighted by atomic mass is 10.1. The van der Waals surface area contributed by atoms with Crippen molar-refractivity contribution in [3.63, 3.8) is 0 Å². The lowest BCUT2D eigenvalue weighted by Crippen LogP contribution is -2.40. The van der Waals surface area contributed by atoms with Crippen molar-refractivity contribution in [3.8, 4) is 0 Å². The van der Waals surface area contributed by atoms with Crippen LogP contribution in [0.4, 0.5) is 5.69 Å². The zero-order chi connectivity index (χ0) is 13.1. The topological polar surface area (TPSA) is 72.2 Å². The molecule has 0 radical (unpaired) electrons. The fraction of sp³-hybridized carbons (Fsp3) is 0.500. The Bertz CT molecular complexity index is 476. The Morgan fingerprint density at radius 1 is 1.29 bits per heavy atom. The molecule has 0 aliphatic carbocycles. The van der Waals surface area contributed by atoms with Gasteiger partial charge >= 0.3 is 0 Å². The molecule has 0 amide bonds. The summed E-state index contributed by atoms with van der Waals surface area (Å²) in [6.45, 7) is 5.42. The van der Waals surface area contributed by atoms with Gasteiger partial charge in [-0.15, -0.1) is 0 Å². The van der Waals surface area contributed by atoms with Crippen molar-refractivity contribution in [2.75, 3.05) is 12.3 Å². The summed E-state index contributed by atoms with van der Waals surface area (Å²) in [5.41, 5.74) is 7.37. The third kappa shape index (κ3) is 4.02. The Balaban J connectivity index is 2.55. The second-order valence-corrected chi connectivity index (χ2v) is 7.53. The molecule has 0 saturated heterocycles. The fourth-order valence-electron chi connectivity index (χ4n) is 1.29. The van der Waals surface area contributed by atoms with Crippen molar-refractivity contribution in [3.05, 3.63) is 29.8 Å². The van der Waals surface area contributed by atoms with E-state index < -0.39 is 14.8 Å². The third-order valence-corrected chi connectivity index (χ3v) is 4.66. The van der Waals surface area contributed by atoms with Gasteiger partial charge in [-0.2, -0.15) is 0 Å². The van der Waals surface area contributed by atoms with Crippen molar-refractivity contribution in [1.82, 2.24) is 4.72 Å². The van der Waals surface area contributed by atoms with Gasteiger partial charge in [0.25, 0.3) is 0 Å². The number of nitrogen functional groups attached to an aromatic ring is 1.